The summed E-state index contributed by atoms with van der Waals surface area (Å²) in [5.41, 5.74) is 26.0. The van der Waals surface area contributed by atoms with E-state index >= 15 is 0 Å². The van der Waals surface area contributed by atoms with Crippen molar-refractivity contribution in [3.63, 3.8) is 0 Å². The minimum absolute atomic E-state index is 0.0378. The molecule has 4 heteroatoms. The first-order chi connectivity index (χ1) is 38.6. The highest BCUT2D eigenvalue weighted by molar-refractivity contribution is 7.00. The zero-order chi connectivity index (χ0) is 56.6. The van der Waals surface area contributed by atoms with Crippen LogP contribution in [0, 0.1) is 0 Å². The Hall–Kier alpha value is -7.56. The van der Waals surface area contributed by atoms with E-state index in [0.29, 0.717) is 0 Å². The van der Waals surface area contributed by atoms with E-state index in [2.05, 4.69) is 305 Å². The van der Waals surface area contributed by atoms with Crippen molar-refractivity contribution in [3.8, 4) is 22.3 Å². The van der Waals surface area contributed by atoms with Gasteiger partial charge in [0, 0.05) is 56.1 Å². The minimum atomic E-state index is -0.291. The van der Waals surface area contributed by atoms with Crippen LogP contribution in [0.5, 0.6) is 0 Å². The van der Waals surface area contributed by atoms with Crippen LogP contribution in [0.4, 0.5) is 45.5 Å². The van der Waals surface area contributed by atoms with Gasteiger partial charge in [-0.2, -0.15) is 0 Å². The second kappa shape index (κ2) is 18.7. The maximum Gasteiger partial charge on any atom is 0.252 e. The van der Waals surface area contributed by atoms with Crippen LogP contribution in [0.25, 0.3) is 22.3 Å². The average Bonchev–Trinajstić information content (AvgIpc) is 3.60. The molecule has 3 aliphatic heterocycles. The Morgan fingerprint density at radius 2 is 0.840 bits per heavy atom. The van der Waals surface area contributed by atoms with Gasteiger partial charge in [-0.05, 0) is 152 Å². The molecule has 0 spiro atoms. The van der Waals surface area contributed by atoms with Crippen LogP contribution in [0.2, 0.25) is 0 Å². The topological polar surface area (TPSA) is 9.72 Å². The zero-order valence-corrected chi connectivity index (χ0v) is 50.3. The molecule has 3 heterocycles. The molecule has 0 N–H and O–H groups in total. The van der Waals surface area contributed by atoms with Crippen LogP contribution in [-0.2, 0) is 27.1 Å². The number of hydrogen-bond acceptors (Lipinski definition) is 3. The molecular weight excluding hydrogens is 978 g/mol. The van der Waals surface area contributed by atoms with Crippen molar-refractivity contribution < 1.29 is 0 Å². The number of benzene rings is 9. The number of nitrogens with zero attached hydrogens (tertiary/aromatic N) is 3. The third-order valence-corrected chi connectivity index (χ3v) is 19.8. The smallest absolute Gasteiger partial charge is 0.252 e. The Morgan fingerprint density at radius 3 is 1.40 bits per heavy atom. The highest BCUT2D eigenvalue weighted by Gasteiger charge is 2.58. The molecule has 1 aliphatic carbocycles. The van der Waals surface area contributed by atoms with Gasteiger partial charge in [0.25, 0.3) is 6.71 Å². The molecule has 2 atom stereocenters. The van der Waals surface area contributed by atoms with Crippen LogP contribution >= 0.6 is 0 Å². The molecule has 0 radical (unpaired) electrons. The quantitative estimate of drug-likeness (QED) is 0.147. The van der Waals surface area contributed by atoms with Crippen LogP contribution < -0.4 is 31.1 Å². The molecule has 13 rings (SSSR count). The van der Waals surface area contributed by atoms with Gasteiger partial charge in [-0.15, -0.1) is 0 Å². The fraction of sp³-hybridized carbons (Fsp3) is 0.299. The highest BCUT2D eigenvalue weighted by Crippen LogP contribution is 2.62. The van der Waals surface area contributed by atoms with Crippen molar-refractivity contribution in [2.24, 2.45) is 0 Å². The Morgan fingerprint density at radius 1 is 0.370 bits per heavy atom. The first-order valence-corrected chi connectivity index (χ1v) is 30.0. The predicted molar refractivity (Wildman–Crippen MR) is 349 cm³/mol. The SMILES string of the molecule is CC(C)(C)c1ccc2c(c1)B1c3ccc(C(C)(C)c4ccccc4)cc3N(c3ccc(C(C)(C)C)cc3-c3ccccc3)c3cc(N4c5ccccc5C5(C)CCCCC45C)cc(c31)N2c1ccc(C(C)(C)C)cc1-c1ccccc1. The summed E-state index contributed by atoms with van der Waals surface area (Å²) in [6.45, 7) is 31.1. The van der Waals surface area contributed by atoms with Crippen LogP contribution in [-0.4, -0.2) is 12.3 Å². The number of para-hydroxylation sites is 1. The molecule has 9 aromatic rings. The Balaban J connectivity index is 1.21. The number of rotatable bonds is 7. The number of anilines is 8. The summed E-state index contributed by atoms with van der Waals surface area (Å²) < 4.78 is 0. The average molecular weight is 1060 g/mol. The molecule has 1 saturated carbocycles. The molecule has 4 aliphatic rings. The molecule has 3 nitrogen and oxygen atoms in total. The largest absolute Gasteiger partial charge is 0.334 e. The molecule has 0 aromatic heterocycles. The Labute approximate surface area is 484 Å². The third kappa shape index (κ3) is 8.35. The standard InChI is InChI=1S/C77H80BN3/c1-72(2,3)54-36-40-64(59(45-54)51-27-17-14-18-28-51)79-67-42-38-56(74(7,8)9)47-63(67)78-62-39-35-57(75(10,11)53-31-21-16-22-32-53)48-68(62)80(65-41-37-55(73(4,5)6)46-60(65)52-29-19-15-20-30-52)70-50-58(49-69(79)71(70)78)81-66-34-24-23-33-61(66)76(12)43-25-26-44-77(76,81)13/h14-24,27-42,45-50H,25-26,43-44H2,1-13H3. The lowest BCUT2D eigenvalue weighted by molar-refractivity contribution is 0.195. The Bertz CT molecular complexity index is 3910. The molecule has 406 valence electrons. The van der Waals surface area contributed by atoms with E-state index in [1.807, 2.05) is 0 Å². The highest BCUT2D eigenvalue weighted by atomic mass is 15.3. The molecule has 9 aromatic carbocycles. The second-order valence-corrected chi connectivity index (χ2v) is 28.2. The van der Waals surface area contributed by atoms with E-state index < -0.39 is 0 Å². The molecule has 2 unspecified atom stereocenters. The lowest BCUT2D eigenvalue weighted by Crippen LogP contribution is -2.62. The van der Waals surface area contributed by atoms with Gasteiger partial charge in [0.05, 0.1) is 16.9 Å². The summed E-state index contributed by atoms with van der Waals surface area (Å²) in [7, 11) is 0. The summed E-state index contributed by atoms with van der Waals surface area (Å²) >= 11 is 0. The number of fused-ring (bicyclic) bond motifs is 7. The maximum absolute atomic E-state index is 2.81. The van der Waals surface area contributed by atoms with Gasteiger partial charge >= 0.3 is 0 Å². The first-order valence-electron chi connectivity index (χ1n) is 30.0. The van der Waals surface area contributed by atoms with Crippen LogP contribution in [0.15, 0.2) is 200 Å². The van der Waals surface area contributed by atoms with Gasteiger partial charge in [0.1, 0.15) is 0 Å². The van der Waals surface area contributed by atoms with Crippen molar-refractivity contribution >= 4 is 68.6 Å². The van der Waals surface area contributed by atoms with Crippen molar-refractivity contribution in [1.82, 2.24) is 0 Å². The summed E-state index contributed by atoms with van der Waals surface area (Å²) in [4.78, 5) is 8.22. The number of hydrogen-bond donors (Lipinski definition) is 0. The lowest BCUT2D eigenvalue weighted by Gasteiger charge is -2.51. The van der Waals surface area contributed by atoms with E-state index in [0.717, 1.165) is 12.8 Å². The first kappa shape index (κ1) is 52.8. The van der Waals surface area contributed by atoms with Gasteiger partial charge in [-0.1, -0.05) is 242 Å². The van der Waals surface area contributed by atoms with E-state index in [1.54, 1.807) is 0 Å². The predicted octanol–water partition coefficient (Wildman–Crippen LogP) is 19.1. The molecule has 0 amide bonds. The van der Waals surface area contributed by atoms with Crippen molar-refractivity contribution in [1.29, 1.82) is 0 Å². The fourth-order valence-electron chi connectivity index (χ4n) is 14.7. The third-order valence-electron chi connectivity index (χ3n) is 19.8. The summed E-state index contributed by atoms with van der Waals surface area (Å²) in [6.07, 6.45) is 4.71. The molecule has 81 heavy (non-hydrogen) atoms. The zero-order valence-electron chi connectivity index (χ0n) is 50.3. The fourth-order valence-corrected chi connectivity index (χ4v) is 14.7. The minimum Gasteiger partial charge on any atom is -0.334 e. The monoisotopic (exact) mass is 1060 g/mol. The molecule has 1 fully saturated rings. The van der Waals surface area contributed by atoms with Crippen molar-refractivity contribution in [2.45, 2.75) is 148 Å². The van der Waals surface area contributed by atoms with Crippen LogP contribution in [0.1, 0.15) is 149 Å². The van der Waals surface area contributed by atoms with Gasteiger partial charge in [0.15, 0.2) is 0 Å². The maximum atomic E-state index is 2.81. The lowest BCUT2D eigenvalue weighted by atomic mass is 9.33. The van der Waals surface area contributed by atoms with Crippen LogP contribution in [0.3, 0.4) is 0 Å². The summed E-state index contributed by atoms with van der Waals surface area (Å²) in [5.74, 6) is 0. The van der Waals surface area contributed by atoms with E-state index in [9.17, 15) is 0 Å². The van der Waals surface area contributed by atoms with Gasteiger partial charge in [-0.3, -0.25) is 0 Å². The van der Waals surface area contributed by atoms with Crippen molar-refractivity contribution in [3.05, 3.63) is 234 Å². The molecule has 0 saturated heterocycles. The summed E-state index contributed by atoms with van der Waals surface area (Å²) in [5, 5.41) is 0. The van der Waals surface area contributed by atoms with Crippen molar-refractivity contribution in [2.75, 3.05) is 14.7 Å². The van der Waals surface area contributed by atoms with Gasteiger partial charge < -0.3 is 14.7 Å². The van der Waals surface area contributed by atoms with E-state index in [1.165, 1.54) is 130 Å². The van der Waals surface area contributed by atoms with Gasteiger partial charge in [0.2, 0.25) is 0 Å². The normalized spacial score (nSPS) is 18.5. The molecular formula is C77H80BN3. The molecule has 0 bridgehead atoms. The second-order valence-electron chi connectivity index (χ2n) is 28.2. The van der Waals surface area contributed by atoms with Gasteiger partial charge in [-0.25, -0.2) is 0 Å². The summed E-state index contributed by atoms with van der Waals surface area (Å²) in [6, 6.07) is 77.8. The van der Waals surface area contributed by atoms with E-state index in [4.69, 9.17) is 0 Å². The van der Waals surface area contributed by atoms with E-state index in [-0.39, 0.29) is 39.3 Å². The Kier molecular flexibility index (Phi) is 12.2.